The number of carbonyl (C=O) groups excluding carboxylic acids is 2. The molecule has 2 rings (SSSR count). The highest BCUT2D eigenvalue weighted by atomic mass is 16.2. The Morgan fingerprint density at radius 1 is 0.972 bits per heavy atom. The summed E-state index contributed by atoms with van der Waals surface area (Å²) >= 11 is 0. The Labute approximate surface area is 217 Å². The van der Waals surface area contributed by atoms with E-state index in [1.165, 1.54) is 16.0 Å². The van der Waals surface area contributed by atoms with E-state index in [0.29, 0.717) is 24.7 Å². The molecule has 0 atom stereocenters. The summed E-state index contributed by atoms with van der Waals surface area (Å²) in [5.41, 5.74) is 5.10. The molecule has 0 saturated heterocycles. The maximum Gasteiger partial charge on any atom is 0.241 e. The van der Waals surface area contributed by atoms with Crippen molar-refractivity contribution < 1.29 is 9.59 Å². The Morgan fingerprint density at radius 2 is 1.58 bits per heavy atom. The summed E-state index contributed by atoms with van der Waals surface area (Å²) < 4.78 is 0. The average Bonchev–Trinajstić information content (AvgIpc) is 2.86. The van der Waals surface area contributed by atoms with Gasteiger partial charge in [-0.3, -0.25) is 9.59 Å². The van der Waals surface area contributed by atoms with Crippen molar-refractivity contribution >= 4 is 17.5 Å². The second-order valence-corrected chi connectivity index (χ2v) is 9.19. The Bertz CT molecular complexity index is 988. The standard InChI is InChI=1S/C19H29N5O2.C10H14/c1-14(2)21-8-9-22-18(25)12-24(13-19(26)23(4)5)17-10-16(11-20)7-6-15(17)3;1-3-9-7-5-6-8-10(9)4-2/h6-7,10,14,21H,8-9,12-13H2,1-5H3,(H,22,25);5-8H,3-4H2,1-2H3. The van der Waals surface area contributed by atoms with E-state index in [0.717, 1.165) is 24.1 Å². The molecule has 0 aliphatic rings. The topological polar surface area (TPSA) is 88.5 Å². The second kappa shape index (κ2) is 16.3. The minimum absolute atomic E-state index is 0.0526. The smallest absolute Gasteiger partial charge is 0.241 e. The number of anilines is 1. The largest absolute Gasteiger partial charge is 0.353 e. The number of hydrogen-bond acceptors (Lipinski definition) is 5. The Kier molecular flexibility index (Phi) is 13.9. The third-order valence-corrected chi connectivity index (χ3v) is 5.72. The van der Waals surface area contributed by atoms with Crippen LogP contribution in [-0.2, 0) is 22.4 Å². The van der Waals surface area contributed by atoms with Crippen LogP contribution in [0.4, 0.5) is 5.69 Å². The van der Waals surface area contributed by atoms with Crippen LogP contribution in [0, 0.1) is 18.3 Å². The van der Waals surface area contributed by atoms with E-state index >= 15 is 0 Å². The fourth-order valence-corrected chi connectivity index (χ4v) is 3.59. The van der Waals surface area contributed by atoms with Gasteiger partial charge in [0.15, 0.2) is 0 Å². The first-order valence-corrected chi connectivity index (χ1v) is 12.7. The molecule has 0 heterocycles. The molecule has 0 saturated carbocycles. The van der Waals surface area contributed by atoms with Gasteiger partial charge in [-0.1, -0.05) is 58.0 Å². The number of benzene rings is 2. The van der Waals surface area contributed by atoms with Crippen LogP contribution in [0.25, 0.3) is 0 Å². The van der Waals surface area contributed by atoms with Crippen LogP contribution in [0.2, 0.25) is 0 Å². The number of carbonyl (C=O) groups is 2. The molecule has 0 bridgehead atoms. The molecule has 7 nitrogen and oxygen atoms in total. The van der Waals surface area contributed by atoms with E-state index in [9.17, 15) is 9.59 Å². The number of aryl methyl sites for hydroxylation is 3. The van der Waals surface area contributed by atoms with Crippen LogP contribution in [0.5, 0.6) is 0 Å². The molecule has 2 aromatic rings. The zero-order valence-corrected chi connectivity index (χ0v) is 23.0. The summed E-state index contributed by atoms with van der Waals surface area (Å²) in [4.78, 5) is 27.7. The number of likely N-dealkylation sites (N-methyl/N-ethyl adjacent to an activating group) is 1. The monoisotopic (exact) mass is 493 g/mol. The van der Waals surface area contributed by atoms with Crippen molar-refractivity contribution in [3.05, 3.63) is 64.7 Å². The predicted octanol–water partition coefficient (Wildman–Crippen LogP) is 3.69. The first-order chi connectivity index (χ1) is 17.1. The highest BCUT2D eigenvalue weighted by Gasteiger charge is 2.18. The zero-order chi connectivity index (χ0) is 27.1. The average molecular weight is 494 g/mol. The number of rotatable bonds is 11. The normalized spacial score (nSPS) is 10.2. The lowest BCUT2D eigenvalue weighted by Crippen LogP contribution is -2.44. The Morgan fingerprint density at radius 3 is 2.08 bits per heavy atom. The van der Waals surface area contributed by atoms with Gasteiger partial charge in [0.05, 0.1) is 24.7 Å². The lowest BCUT2D eigenvalue weighted by atomic mass is 10.0. The zero-order valence-electron chi connectivity index (χ0n) is 23.0. The van der Waals surface area contributed by atoms with Crippen LogP contribution in [0.15, 0.2) is 42.5 Å². The van der Waals surface area contributed by atoms with Gasteiger partial charge in [-0.05, 0) is 48.6 Å². The van der Waals surface area contributed by atoms with Crippen LogP contribution in [0.1, 0.15) is 49.9 Å². The molecule has 36 heavy (non-hydrogen) atoms. The maximum absolute atomic E-state index is 12.3. The second-order valence-electron chi connectivity index (χ2n) is 9.19. The van der Waals surface area contributed by atoms with E-state index in [1.807, 2.05) is 26.8 Å². The Balaban J connectivity index is 0.000000537. The third kappa shape index (κ3) is 10.9. The fraction of sp³-hybridized carbons (Fsp3) is 0.483. The number of amides is 2. The van der Waals surface area contributed by atoms with Crippen molar-refractivity contribution in [1.82, 2.24) is 15.5 Å². The molecule has 0 spiro atoms. The molecular formula is C29H43N5O2. The molecule has 7 heteroatoms. The first kappa shape index (κ1) is 30.7. The van der Waals surface area contributed by atoms with Gasteiger partial charge in [-0.2, -0.15) is 5.26 Å². The minimum atomic E-state index is -0.163. The quantitative estimate of drug-likeness (QED) is 0.466. The van der Waals surface area contributed by atoms with E-state index in [4.69, 9.17) is 5.26 Å². The minimum Gasteiger partial charge on any atom is -0.353 e. The van der Waals surface area contributed by atoms with Crippen LogP contribution in [-0.4, -0.2) is 63.0 Å². The van der Waals surface area contributed by atoms with Gasteiger partial charge in [0.25, 0.3) is 0 Å². The molecule has 0 aromatic heterocycles. The molecule has 0 unspecified atom stereocenters. The molecule has 2 amide bonds. The summed E-state index contributed by atoms with van der Waals surface area (Å²) in [5, 5.41) is 15.2. The summed E-state index contributed by atoms with van der Waals surface area (Å²) in [5.74, 6) is -0.273. The summed E-state index contributed by atoms with van der Waals surface area (Å²) in [6.07, 6.45) is 2.31. The van der Waals surface area contributed by atoms with Crippen molar-refractivity contribution in [2.45, 2.75) is 53.5 Å². The van der Waals surface area contributed by atoms with Crippen LogP contribution in [0.3, 0.4) is 0 Å². The highest BCUT2D eigenvalue weighted by Crippen LogP contribution is 2.21. The summed E-state index contributed by atoms with van der Waals surface area (Å²) in [7, 11) is 3.35. The van der Waals surface area contributed by atoms with Crippen molar-refractivity contribution in [2.24, 2.45) is 0 Å². The molecule has 0 aliphatic carbocycles. The number of nitrogens with zero attached hydrogens (tertiary/aromatic N) is 3. The molecular weight excluding hydrogens is 450 g/mol. The fourth-order valence-electron chi connectivity index (χ4n) is 3.59. The van der Waals surface area contributed by atoms with E-state index in [1.54, 1.807) is 31.1 Å². The maximum atomic E-state index is 12.3. The SMILES string of the molecule is CCc1ccccc1CC.Cc1ccc(C#N)cc1N(CC(=O)NCCNC(C)C)CC(=O)N(C)C. The number of hydrogen-bond donors (Lipinski definition) is 2. The number of nitrogens with one attached hydrogen (secondary N) is 2. The Hall–Kier alpha value is -3.37. The highest BCUT2D eigenvalue weighted by molar-refractivity contribution is 5.86. The lowest BCUT2D eigenvalue weighted by Gasteiger charge is -2.27. The summed E-state index contributed by atoms with van der Waals surface area (Å²) in [6, 6.07) is 16.4. The molecule has 2 N–H and O–H groups in total. The molecule has 0 radical (unpaired) electrons. The lowest BCUT2D eigenvalue weighted by molar-refractivity contribution is -0.127. The molecule has 0 fully saturated rings. The third-order valence-electron chi connectivity index (χ3n) is 5.72. The summed E-state index contributed by atoms with van der Waals surface area (Å²) in [6.45, 7) is 11.7. The first-order valence-electron chi connectivity index (χ1n) is 12.7. The molecule has 2 aromatic carbocycles. The van der Waals surface area contributed by atoms with Gasteiger partial charge < -0.3 is 20.4 Å². The van der Waals surface area contributed by atoms with Crippen molar-refractivity contribution in [1.29, 1.82) is 5.26 Å². The van der Waals surface area contributed by atoms with Gasteiger partial charge in [0.2, 0.25) is 11.8 Å². The predicted molar refractivity (Wildman–Crippen MR) is 148 cm³/mol. The van der Waals surface area contributed by atoms with Crippen LogP contribution >= 0.6 is 0 Å². The molecule has 0 aliphatic heterocycles. The van der Waals surface area contributed by atoms with Gasteiger partial charge in [0.1, 0.15) is 0 Å². The van der Waals surface area contributed by atoms with Gasteiger partial charge in [0, 0.05) is 38.9 Å². The van der Waals surface area contributed by atoms with Crippen LogP contribution < -0.4 is 15.5 Å². The number of nitriles is 1. The van der Waals surface area contributed by atoms with Crippen molar-refractivity contribution in [3.8, 4) is 6.07 Å². The van der Waals surface area contributed by atoms with Gasteiger partial charge >= 0.3 is 0 Å². The van der Waals surface area contributed by atoms with Crippen molar-refractivity contribution in [2.75, 3.05) is 45.2 Å². The van der Waals surface area contributed by atoms with Crippen molar-refractivity contribution in [3.63, 3.8) is 0 Å². The van der Waals surface area contributed by atoms with E-state index < -0.39 is 0 Å². The van der Waals surface area contributed by atoms with E-state index in [2.05, 4.69) is 54.8 Å². The van der Waals surface area contributed by atoms with E-state index in [-0.39, 0.29) is 24.9 Å². The molecule has 196 valence electrons. The van der Waals surface area contributed by atoms with Gasteiger partial charge in [-0.15, -0.1) is 0 Å². The van der Waals surface area contributed by atoms with Gasteiger partial charge in [-0.25, -0.2) is 0 Å².